The minimum Gasteiger partial charge on any atom is -0.350 e. The number of rotatable bonds is 1. The van der Waals surface area contributed by atoms with Gasteiger partial charge in [0.1, 0.15) is 0 Å². The molecule has 70 valence electrons. The molecule has 0 spiro atoms. The Hall–Kier alpha value is -1.75. The number of nitriles is 1. The standard InChI is InChI=1S/C12H12N2/c1-3-9-8-14(2)11-6-4-5-10(7-13)12(9)11/h4-6,8H,3H2,1-2H3. The number of hydrogen-bond donors (Lipinski definition) is 0. The van der Waals surface area contributed by atoms with Gasteiger partial charge in [-0.25, -0.2) is 0 Å². The van der Waals surface area contributed by atoms with E-state index in [1.54, 1.807) is 0 Å². The third kappa shape index (κ3) is 1.10. The molecule has 0 amide bonds. The van der Waals surface area contributed by atoms with Crippen LogP contribution in [0.2, 0.25) is 0 Å². The van der Waals surface area contributed by atoms with Crippen LogP contribution >= 0.6 is 0 Å². The number of aromatic nitrogens is 1. The summed E-state index contributed by atoms with van der Waals surface area (Å²) in [4.78, 5) is 0. The van der Waals surface area contributed by atoms with Crippen molar-refractivity contribution in [1.82, 2.24) is 4.57 Å². The number of benzene rings is 1. The van der Waals surface area contributed by atoms with Gasteiger partial charge in [0, 0.05) is 24.1 Å². The monoisotopic (exact) mass is 184 g/mol. The smallest absolute Gasteiger partial charge is 0.0998 e. The van der Waals surface area contributed by atoms with Gasteiger partial charge in [-0.2, -0.15) is 5.26 Å². The molecular formula is C12H12N2. The molecule has 1 heterocycles. The molecule has 0 atom stereocenters. The minimum atomic E-state index is 0.778. The second-order valence-corrected chi connectivity index (χ2v) is 3.43. The number of hydrogen-bond acceptors (Lipinski definition) is 1. The lowest BCUT2D eigenvalue weighted by atomic mass is 10.1. The lowest BCUT2D eigenvalue weighted by Gasteiger charge is -1.97. The maximum Gasteiger partial charge on any atom is 0.0998 e. The Balaban J connectivity index is 2.91. The van der Waals surface area contributed by atoms with E-state index in [0.717, 1.165) is 22.9 Å². The van der Waals surface area contributed by atoms with Crippen molar-refractivity contribution in [1.29, 1.82) is 5.26 Å². The highest BCUT2D eigenvalue weighted by molar-refractivity contribution is 5.89. The lowest BCUT2D eigenvalue weighted by molar-refractivity contribution is 0.954. The highest BCUT2D eigenvalue weighted by atomic mass is 14.9. The van der Waals surface area contributed by atoms with Crippen LogP contribution < -0.4 is 0 Å². The molecule has 0 aliphatic rings. The number of fused-ring (bicyclic) bond motifs is 1. The molecule has 0 saturated heterocycles. The van der Waals surface area contributed by atoms with Crippen molar-refractivity contribution in [2.24, 2.45) is 7.05 Å². The summed E-state index contributed by atoms with van der Waals surface area (Å²) in [6.45, 7) is 2.11. The zero-order valence-electron chi connectivity index (χ0n) is 8.41. The van der Waals surface area contributed by atoms with Gasteiger partial charge in [0.25, 0.3) is 0 Å². The van der Waals surface area contributed by atoms with Crippen molar-refractivity contribution in [3.05, 3.63) is 35.5 Å². The summed E-state index contributed by atoms with van der Waals surface area (Å²) in [5.74, 6) is 0. The van der Waals surface area contributed by atoms with Crippen LogP contribution in [0.3, 0.4) is 0 Å². The summed E-state index contributed by atoms with van der Waals surface area (Å²) in [6.07, 6.45) is 3.07. The molecule has 2 rings (SSSR count). The van der Waals surface area contributed by atoms with Crippen LogP contribution in [0.15, 0.2) is 24.4 Å². The van der Waals surface area contributed by atoms with Gasteiger partial charge < -0.3 is 4.57 Å². The molecule has 0 N–H and O–H groups in total. The summed E-state index contributed by atoms with van der Waals surface area (Å²) in [6, 6.07) is 8.10. The summed E-state index contributed by atoms with van der Waals surface area (Å²) in [5.41, 5.74) is 3.17. The third-order valence-corrected chi connectivity index (χ3v) is 2.59. The van der Waals surface area contributed by atoms with E-state index >= 15 is 0 Å². The van der Waals surface area contributed by atoms with Crippen molar-refractivity contribution in [2.45, 2.75) is 13.3 Å². The van der Waals surface area contributed by atoms with Crippen LogP contribution in [0.5, 0.6) is 0 Å². The van der Waals surface area contributed by atoms with Crippen molar-refractivity contribution < 1.29 is 0 Å². The third-order valence-electron chi connectivity index (χ3n) is 2.59. The van der Waals surface area contributed by atoms with E-state index in [9.17, 15) is 0 Å². The molecule has 14 heavy (non-hydrogen) atoms. The second-order valence-electron chi connectivity index (χ2n) is 3.43. The molecule has 2 heteroatoms. The molecule has 2 aromatic rings. The Kier molecular flexibility index (Phi) is 2.01. The maximum atomic E-state index is 9.01. The van der Waals surface area contributed by atoms with Crippen molar-refractivity contribution in [3.63, 3.8) is 0 Å². The van der Waals surface area contributed by atoms with E-state index in [1.165, 1.54) is 5.56 Å². The largest absolute Gasteiger partial charge is 0.350 e. The van der Waals surface area contributed by atoms with E-state index in [4.69, 9.17) is 5.26 Å². The van der Waals surface area contributed by atoms with Crippen molar-refractivity contribution >= 4 is 10.9 Å². The van der Waals surface area contributed by atoms with Crippen LogP contribution in [0.4, 0.5) is 0 Å². The summed E-state index contributed by atoms with van der Waals surface area (Å²) < 4.78 is 2.08. The predicted molar refractivity (Wildman–Crippen MR) is 57.0 cm³/mol. The quantitative estimate of drug-likeness (QED) is 0.669. The zero-order valence-corrected chi connectivity index (χ0v) is 8.41. The van der Waals surface area contributed by atoms with Crippen LogP contribution in [-0.2, 0) is 13.5 Å². The first kappa shape index (κ1) is 8.83. The van der Waals surface area contributed by atoms with Crippen molar-refractivity contribution in [2.75, 3.05) is 0 Å². The average molecular weight is 184 g/mol. The van der Waals surface area contributed by atoms with Gasteiger partial charge in [-0.1, -0.05) is 13.0 Å². The maximum absolute atomic E-state index is 9.01. The molecule has 1 aromatic carbocycles. The van der Waals surface area contributed by atoms with Crippen LogP contribution in [0.25, 0.3) is 10.9 Å². The van der Waals surface area contributed by atoms with Gasteiger partial charge in [-0.3, -0.25) is 0 Å². The normalized spacial score (nSPS) is 10.4. The predicted octanol–water partition coefficient (Wildman–Crippen LogP) is 2.61. The Labute approximate surface area is 83.4 Å². The first-order chi connectivity index (χ1) is 6.77. The molecule has 1 aromatic heterocycles. The average Bonchev–Trinajstić information content (AvgIpc) is 2.56. The van der Waals surface area contributed by atoms with Gasteiger partial charge in [-0.05, 0) is 24.1 Å². The Morgan fingerprint density at radius 1 is 1.43 bits per heavy atom. The first-order valence-corrected chi connectivity index (χ1v) is 4.75. The topological polar surface area (TPSA) is 28.7 Å². The summed E-state index contributed by atoms with van der Waals surface area (Å²) in [7, 11) is 2.02. The molecule has 0 aliphatic carbocycles. The van der Waals surface area contributed by atoms with Crippen LogP contribution in [0, 0.1) is 11.3 Å². The summed E-state index contributed by atoms with van der Waals surface area (Å²) >= 11 is 0. The molecule has 0 fully saturated rings. The van der Waals surface area contributed by atoms with E-state index in [-0.39, 0.29) is 0 Å². The first-order valence-electron chi connectivity index (χ1n) is 4.75. The Bertz CT molecular complexity index is 515. The molecule has 0 saturated carbocycles. The van der Waals surface area contributed by atoms with E-state index < -0.39 is 0 Å². The highest BCUT2D eigenvalue weighted by Gasteiger charge is 2.08. The van der Waals surface area contributed by atoms with Gasteiger partial charge >= 0.3 is 0 Å². The van der Waals surface area contributed by atoms with Crippen LogP contribution in [-0.4, -0.2) is 4.57 Å². The number of aryl methyl sites for hydroxylation is 2. The molecule has 0 radical (unpaired) electrons. The van der Waals surface area contributed by atoms with Gasteiger partial charge in [-0.15, -0.1) is 0 Å². The van der Waals surface area contributed by atoms with Gasteiger partial charge in [0.05, 0.1) is 11.6 Å². The fraction of sp³-hybridized carbons (Fsp3) is 0.250. The molecule has 0 unspecified atom stereocenters. The highest BCUT2D eigenvalue weighted by Crippen LogP contribution is 2.24. The van der Waals surface area contributed by atoms with Crippen LogP contribution in [0.1, 0.15) is 18.1 Å². The van der Waals surface area contributed by atoms with Crippen molar-refractivity contribution in [3.8, 4) is 6.07 Å². The zero-order chi connectivity index (χ0) is 10.1. The fourth-order valence-corrected chi connectivity index (χ4v) is 1.90. The molecule has 0 bridgehead atoms. The molecular weight excluding hydrogens is 172 g/mol. The van der Waals surface area contributed by atoms with Gasteiger partial charge in [0.2, 0.25) is 0 Å². The summed E-state index contributed by atoms with van der Waals surface area (Å²) in [5, 5.41) is 10.1. The van der Waals surface area contributed by atoms with Gasteiger partial charge in [0.15, 0.2) is 0 Å². The second kappa shape index (κ2) is 3.19. The van der Waals surface area contributed by atoms with E-state index in [2.05, 4.69) is 29.8 Å². The molecule has 2 nitrogen and oxygen atoms in total. The Morgan fingerprint density at radius 2 is 2.21 bits per heavy atom. The SMILES string of the molecule is CCc1cn(C)c2cccc(C#N)c12. The fourth-order valence-electron chi connectivity index (χ4n) is 1.90. The van der Waals surface area contributed by atoms with E-state index in [1.807, 2.05) is 19.2 Å². The molecule has 0 aliphatic heterocycles. The Morgan fingerprint density at radius 3 is 2.86 bits per heavy atom. The lowest BCUT2D eigenvalue weighted by Crippen LogP contribution is -1.83. The number of nitrogens with zero attached hydrogens (tertiary/aromatic N) is 2. The minimum absolute atomic E-state index is 0.778. The van der Waals surface area contributed by atoms with E-state index in [0.29, 0.717) is 0 Å².